The summed E-state index contributed by atoms with van der Waals surface area (Å²) < 4.78 is 1.47. The van der Waals surface area contributed by atoms with Crippen LogP contribution in [0, 0.1) is 5.92 Å². The van der Waals surface area contributed by atoms with Gasteiger partial charge in [-0.2, -0.15) is 5.10 Å². The first kappa shape index (κ1) is 21.3. The molecule has 1 aliphatic carbocycles. The topological polar surface area (TPSA) is 109 Å². The van der Waals surface area contributed by atoms with Crippen LogP contribution in [0.1, 0.15) is 48.9 Å². The van der Waals surface area contributed by atoms with E-state index in [0.29, 0.717) is 35.9 Å². The van der Waals surface area contributed by atoms with Crippen LogP contribution in [0.15, 0.2) is 24.5 Å². The molecule has 2 aliphatic rings. The molecule has 0 bridgehead atoms. The van der Waals surface area contributed by atoms with Gasteiger partial charge in [0.25, 0.3) is 5.91 Å². The van der Waals surface area contributed by atoms with Gasteiger partial charge < -0.3 is 15.5 Å². The highest BCUT2D eigenvalue weighted by Gasteiger charge is 2.34. The summed E-state index contributed by atoms with van der Waals surface area (Å²) in [5, 5.41) is 10.1. The molecule has 1 aliphatic heterocycles. The lowest BCUT2D eigenvalue weighted by Gasteiger charge is -2.34. The Morgan fingerprint density at radius 2 is 1.90 bits per heavy atom. The van der Waals surface area contributed by atoms with Crippen molar-refractivity contribution >= 4 is 41.0 Å². The molecule has 9 nitrogen and oxygen atoms in total. The molecule has 1 saturated heterocycles. The van der Waals surface area contributed by atoms with Gasteiger partial charge in [-0.15, -0.1) is 0 Å². The van der Waals surface area contributed by atoms with Gasteiger partial charge in [-0.1, -0.05) is 11.6 Å². The number of hydrogen-bond donors (Lipinski definition) is 2. The van der Waals surface area contributed by atoms with E-state index in [9.17, 15) is 14.4 Å². The highest BCUT2D eigenvalue weighted by Crippen LogP contribution is 2.31. The van der Waals surface area contributed by atoms with E-state index in [1.165, 1.54) is 17.1 Å². The number of aromatic nitrogens is 3. The van der Waals surface area contributed by atoms with Gasteiger partial charge in [-0.25, -0.2) is 4.98 Å². The molecule has 2 fully saturated rings. The summed E-state index contributed by atoms with van der Waals surface area (Å²) in [6, 6.07) is 3.46. The number of carbonyl (C=O) groups is 3. The first-order valence-electron chi connectivity index (χ1n) is 10.5. The van der Waals surface area contributed by atoms with Gasteiger partial charge in [-0.05, 0) is 44.2 Å². The highest BCUT2D eigenvalue weighted by atomic mass is 35.5. The van der Waals surface area contributed by atoms with E-state index in [-0.39, 0.29) is 29.3 Å². The Morgan fingerprint density at radius 1 is 1.13 bits per heavy atom. The number of aryl methyl sites for hydroxylation is 1. The summed E-state index contributed by atoms with van der Waals surface area (Å²) in [7, 11) is 1.67. The molecule has 3 amide bonds. The van der Waals surface area contributed by atoms with Crippen LogP contribution in [-0.4, -0.2) is 50.0 Å². The van der Waals surface area contributed by atoms with Crippen molar-refractivity contribution in [2.45, 2.75) is 44.6 Å². The number of hydrogen-bond acceptors (Lipinski definition) is 5. The third-order valence-electron chi connectivity index (χ3n) is 6.01. The second kappa shape index (κ2) is 9.05. The van der Waals surface area contributed by atoms with Gasteiger partial charge in [0.05, 0.1) is 11.2 Å². The predicted octanol–water partition coefficient (Wildman–Crippen LogP) is 2.84. The van der Waals surface area contributed by atoms with Gasteiger partial charge in [-0.3, -0.25) is 19.1 Å². The lowest BCUT2D eigenvalue weighted by Crippen LogP contribution is -2.40. The molecular formula is C21H25ClN6O3. The molecule has 2 N–H and O–H groups in total. The summed E-state index contributed by atoms with van der Waals surface area (Å²) in [6.07, 6.45) is 7.50. The summed E-state index contributed by atoms with van der Waals surface area (Å²) in [6.45, 7) is 0.830. The number of anilines is 2. The van der Waals surface area contributed by atoms with Gasteiger partial charge in [0, 0.05) is 38.2 Å². The highest BCUT2D eigenvalue weighted by molar-refractivity contribution is 6.30. The number of rotatable bonds is 5. The zero-order valence-electron chi connectivity index (χ0n) is 17.3. The zero-order chi connectivity index (χ0) is 22.0. The molecule has 0 aromatic carbocycles. The third-order valence-corrected chi connectivity index (χ3v) is 6.24. The lowest BCUT2D eigenvalue weighted by atomic mass is 9.85. The van der Waals surface area contributed by atoms with E-state index in [1.807, 2.05) is 4.90 Å². The standard InChI is InChI=1S/C21H25ClN6O3/c1-27-19(16(12-24-27)21(31)25-17-9-6-14(22)11-23-17)26-20(30)13-4-7-15(8-5-13)28-10-2-3-18(28)29/h6,9,11-13,15H,2-5,7-8,10H2,1H3,(H,26,30)(H,23,25,31)/t13-,15-. The fourth-order valence-electron chi connectivity index (χ4n) is 4.31. The SMILES string of the molecule is Cn1ncc(C(=O)Nc2ccc(Cl)cn2)c1NC(=O)[C@H]1CC[C@H](N2CCCC2=O)CC1. The van der Waals surface area contributed by atoms with Crippen molar-refractivity contribution < 1.29 is 14.4 Å². The Balaban J connectivity index is 1.37. The van der Waals surface area contributed by atoms with Crippen LogP contribution in [0.2, 0.25) is 5.02 Å². The van der Waals surface area contributed by atoms with E-state index in [0.717, 1.165) is 25.8 Å². The average Bonchev–Trinajstić information content (AvgIpc) is 3.35. The number of nitrogens with zero attached hydrogens (tertiary/aromatic N) is 4. The van der Waals surface area contributed by atoms with Crippen LogP contribution in [-0.2, 0) is 16.6 Å². The Labute approximate surface area is 185 Å². The number of likely N-dealkylation sites (tertiary alicyclic amines) is 1. The zero-order valence-corrected chi connectivity index (χ0v) is 18.1. The first-order chi connectivity index (χ1) is 14.9. The number of pyridine rings is 1. The Bertz CT molecular complexity index is 982. The van der Waals surface area contributed by atoms with Gasteiger partial charge >= 0.3 is 0 Å². The monoisotopic (exact) mass is 444 g/mol. The maximum absolute atomic E-state index is 12.9. The fourth-order valence-corrected chi connectivity index (χ4v) is 4.42. The van der Waals surface area contributed by atoms with Crippen LogP contribution < -0.4 is 10.6 Å². The second-order valence-corrected chi connectivity index (χ2v) is 8.47. The van der Waals surface area contributed by atoms with Crippen LogP contribution in [0.5, 0.6) is 0 Å². The predicted molar refractivity (Wildman–Crippen MR) is 116 cm³/mol. The van der Waals surface area contributed by atoms with Crippen molar-refractivity contribution in [1.29, 1.82) is 0 Å². The third kappa shape index (κ3) is 4.71. The summed E-state index contributed by atoms with van der Waals surface area (Å²) in [4.78, 5) is 43.6. The lowest BCUT2D eigenvalue weighted by molar-refractivity contribution is -0.130. The fraction of sp³-hybridized carbons (Fsp3) is 0.476. The smallest absolute Gasteiger partial charge is 0.262 e. The molecule has 0 atom stereocenters. The van der Waals surface area contributed by atoms with E-state index in [1.54, 1.807) is 19.2 Å². The van der Waals surface area contributed by atoms with Gasteiger partial charge in [0.15, 0.2) is 0 Å². The van der Waals surface area contributed by atoms with E-state index in [4.69, 9.17) is 11.6 Å². The van der Waals surface area contributed by atoms with Crippen LogP contribution in [0.25, 0.3) is 0 Å². The molecule has 1 saturated carbocycles. The van der Waals surface area contributed by atoms with E-state index in [2.05, 4.69) is 20.7 Å². The van der Waals surface area contributed by atoms with Crippen LogP contribution in [0.3, 0.4) is 0 Å². The number of nitrogens with one attached hydrogen (secondary N) is 2. The van der Waals surface area contributed by atoms with E-state index < -0.39 is 5.91 Å². The molecular weight excluding hydrogens is 420 g/mol. The van der Waals surface area contributed by atoms with E-state index >= 15 is 0 Å². The van der Waals surface area contributed by atoms with Gasteiger partial charge in [0.1, 0.15) is 17.2 Å². The molecule has 3 heterocycles. The van der Waals surface area contributed by atoms with Crippen LogP contribution >= 0.6 is 11.6 Å². The maximum Gasteiger partial charge on any atom is 0.262 e. The Hall–Kier alpha value is -2.94. The van der Waals surface area contributed by atoms with Crippen molar-refractivity contribution in [3.63, 3.8) is 0 Å². The van der Waals surface area contributed by atoms with Crippen molar-refractivity contribution in [2.75, 3.05) is 17.2 Å². The quantitative estimate of drug-likeness (QED) is 0.736. The average molecular weight is 445 g/mol. The molecule has 0 spiro atoms. The largest absolute Gasteiger partial charge is 0.340 e. The molecule has 31 heavy (non-hydrogen) atoms. The number of halogens is 1. The summed E-state index contributed by atoms with van der Waals surface area (Å²) in [5.41, 5.74) is 0.254. The summed E-state index contributed by atoms with van der Waals surface area (Å²) >= 11 is 5.82. The molecule has 2 aromatic rings. The number of amides is 3. The van der Waals surface area contributed by atoms with Crippen molar-refractivity contribution in [1.82, 2.24) is 19.7 Å². The Kier molecular flexibility index (Phi) is 6.22. The molecule has 4 rings (SSSR count). The Morgan fingerprint density at radius 3 is 2.55 bits per heavy atom. The second-order valence-electron chi connectivity index (χ2n) is 8.03. The molecule has 0 radical (unpaired) electrons. The van der Waals surface area contributed by atoms with Crippen molar-refractivity contribution in [3.05, 3.63) is 35.1 Å². The number of carbonyl (C=O) groups excluding carboxylic acids is 3. The summed E-state index contributed by atoms with van der Waals surface area (Å²) in [5.74, 6) is 0.216. The maximum atomic E-state index is 12.9. The normalized spacial score (nSPS) is 21.2. The minimum Gasteiger partial charge on any atom is -0.340 e. The van der Waals surface area contributed by atoms with Crippen molar-refractivity contribution in [3.8, 4) is 0 Å². The minimum absolute atomic E-state index is 0.131. The van der Waals surface area contributed by atoms with Gasteiger partial charge in [0.2, 0.25) is 11.8 Å². The minimum atomic E-state index is -0.422. The molecule has 2 aromatic heterocycles. The molecule has 0 unspecified atom stereocenters. The van der Waals surface area contributed by atoms with Crippen molar-refractivity contribution in [2.24, 2.45) is 13.0 Å². The first-order valence-corrected chi connectivity index (χ1v) is 10.9. The molecule has 10 heteroatoms. The molecule has 164 valence electrons. The van der Waals surface area contributed by atoms with Crippen LogP contribution in [0.4, 0.5) is 11.6 Å².